The number of nitrogens with zero attached hydrogens (tertiary/aromatic N) is 3. The first-order valence-corrected chi connectivity index (χ1v) is 7.01. The zero-order valence-corrected chi connectivity index (χ0v) is 11.2. The first kappa shape index (κ1) is 12.7. The molecule has 1 unspecified atom stereocenters. The smallest absolute Gasteiger partial charge is 0.280 e. The second-order valence-electron chi connectivity index (χ2n) is 4.34. The van der Waals surface area contributed by atoms with Crippen LogP contribution in [0, 0.1) is 11.3 Å². The molecule has 0 bridgehead atoms. The molecular formula is C13H10N4O2S. The highest BCUT2D eigenvalue weighted by Crippen LogP contribution is 2.24. The monoisotopic (exact) mass is 286 g/mol. The standard InChI is InChI=1S/C13H10N4O2S/c14-7-8-1-3-9(4-2-8)15-10-11(18)16-13-17(12(10)19)5-6-20-13/h1-4,10,15H,5-6H2. The molecule has 1 atom stereocenters. The second-order valence-corrected chi connectivity index (χ2v) is 5.40. The molecule has 0 radical (unpaired) electrons. The number of amidine groups is 1. The lowest BCUT2D eigenvalue weighted by molar-refractivity contribution is -0.134. The van der Waals surface area contributed by atoms with E-state index in [-0.39, 0.29) is 5.91 Å². The van der Waals surface area contributed by atoms with Gasteiger partial charge in [-0.2, -0.15) is 10.3 Å². The summed E-state index contributed by atoms with van der Waals surface area (Å²) in [7, 11) is 0. The number of thioether (sulfide) groups is 1. The van der Waals surface area contributed by atoms with Crippen molar-refractivity contribution in [3.8, 4) is 6.07 Å². The molecule has 0 spiro atoms. The molecule has 1 aromatic carbocycles. The molecular weight excluding hydrogens is 276 g/mol. The number of anilines is 1. The van der Waals surface area contributed by atoms with E-state index in [1.54, 1.807) is 24.3 Å². The third-order valence-corrected chi connectivity index (χ3v) is 4.02. The zero-order valence-electron chi connectivity index (χ0n) is 10.4. The van der Waals surface area contributed by atoms with E-state index in [0.717, 1.165) is 5.75 Å². The van der Waals surface area contributed by atoms with Gasteiger partial charge in [-0.15, -0.1) is 0 Å². The van der Waals surface area contributed by atoms with Crippen LogP contribution in [0.2, 0.25) is 0 Å². The molecule has 1 aromatic rings. The first-order chi connectivity index (χ1) is 9.69. The third-order valence-electron chi connectivity index (χ3n) is 3.07. The number of aliphatic imine (C=N–C) groups is 1. The fraction of sp³-hybridized carbons (Fsp3) is 0.231. The Hall–Kier alpha value is -2.33. The van der Waals surface area contributed by atoms with Crippen molar-refractivity contribution in [3.05, 3.63) is 29.8 Å². The van der Waals surface area contributed by atoms with Crippen LogP contribution in [0.4, 0.5) is 5.69 Å². The summed E-state index contributed by atoms with van der Waals surface area (Å²) in [6.07, 6.45) is 0. The lowest BCUT2D eigenvalue weighted by atomic mass is 10.1. The van der Waals surface area contributed by atoms with Gasteiger partial charge < -0.3 is 5.32 Å². The molecule has 2 heterocycles. The highest BCUT2D eigenvalue weighted by Gasteiger charge is 2.40. The molecule has 3 rings (SSSR count). The highest BCUT2D eigenvalue weighted by atomic mass is 32.2. The summed E-state index contributed by atoms with van der Waals surface area (Å²) >= 11 is 1.42. The Morgan fingerprint density at radius 2 is 2.10 bits per heavy atom. The summed E-state index contributed by atoms with van der Waals surface area (Å²) in [5, 5.41) is 12.1. The Kier molecular flexibility index (Phi) is 3.16. The van der Waals surface area contributed by atoms with Gasteiger partial charge in [0, 0.05) is 18.0 Å². The van der Waals surface area contributed by atoms with Gasteiger partial charge in [-0.05, 0) is 24.3 Å². The summed E-state index contributed by atoms with van der Waals surface area (Å²) in [5.41, 5.74) is 1.13. The minimum atomic E-state index is -0.981. The second kappa shape index (κ2) is 4.98. The van der Waals surface area contributed by atoms with Crippen molar-refractivity contribution in [3.63, 3.8) is 0 Å². The molecule has 0 aromatic heterocycles. The van der Waals surface area contributed by atoms with Crippen LogP contribution in [-0.2, 0) is 9.59 Å². The van der Waals surface area contributed by atoms with Crippen LogP contribution in [0.15, 0.2) is 29.3 Å². The number of carbonyl (C=O) groups excluding carboxylic acids is 2. The molecule has 20 heavy (non-hydrogen) atoms. The number of hydrogen-bond donors (Lipinski definition) is 1. The van der Waals surface area contributed by atoms with Crippen molar-refractivity contribution < 1.29 is 9.59 Å². The largest absolute Gasteiger partial charge is 0.366 e. The molecule has 2 aliphatic heterocycles. The summed E-state index contributed by atoms with van der Waals surface area (Å²) in [5.74, 6) is 0.0240. The average Bonchev–Trinajstić information content (AvgIpc) is 2.92. The van der Waals surface area contributed by atoms with Crippen molar-refractivity contribution in [2.75, 3.05) is 17.6 Å². The van der Waals surface area contributed by atoms with Crippen LogP contribution in [-0.4, -0.2) is 40.2 Å². The lowest BCUT2D eigenvalue weighted by Crippen LogP contribution is -2.51. The number of nitriles is 1. The van der Waals surface area contributed by atoms with E-state index in [1.807, 2.05) is 6.07 Å². The minimum absolute atomic E-state index is 0.269. The quantitative estimate of drug-likeness (QED) is 0.813. The summed E-state index contributed by atoms with van der Waals surface area (Å²) in [6.45, 7) is 0.584. The predicted octanol–water partition coefficient (Wildman–Crippen LogP) is 0.810. The van der Waals surface area contributed by atoms with Gasteiger partial charge in [0.1, 0.15) is 0 Å². The Balaban J connectivity index is 1.81. The Bertz CT molecular complexity index is 647. The number of benzene rings is 1. The van der Waals surface area contributed by atoms with Gasteiger partial charge in [-0.3, -0.25) is 14.5 Å². The normalized spacial score (nSPS) is 21.2. The van der Waals surface area contributed by atoms with E-state index in [1.165, 1.54) is 16.7 Å². The molecule has 1 N–H and O–H groups in total. The molecule has 1 saturated heterocycles. The average molecular weight is 286 g/mol. The number of nitrogens with one attached hydrogen (secondary N) is 1. The number of carbonyl (C=O) groups is 2. The van der Waals surface area contributed by atoms with Gasteiger partial charge in [0.15, 0.2) is 11.2 Å². The third kappa shape index (κ3) is 2.14. The van der Waals surface area contributed by atoms with Crippen molar-refractivity contribution in [2.24, 2.45) is 4.99 Å². The molecule has 0 saturated carbocycles. The fourth-order valence-electron chi connectivity index (χ4n) is 2.05. The van der Waals surface area contributed by atoms with E-state index in [2.05, 4.69) is 10.3 Å². The topological polar surface area (TPSA) is 85.6 Å². The fourth-order valence-corrected chi connectivity index (χ4v) is 3.00. The molecule has 6 nitrogen and oxygen atoms in total. The van der Waals surface area contributed by atoms with E-state index < -0.39 is 11.9 Å². The number of fused-ring (bicyclic) bond motifs is 1. The molecule has 0 aliphatic carbocycles. The maximum absolute atomic E-state index is 12.2. The van der Waals surface area contributed by atoms with Crippen LogP contribution in [0.1, 0.15) is 5.56 Å². The highest BCUT2D eigenvalue weighted by molar-refractivity contribution is 8.14. The van der Waals surface area contributed by atoms with Gasteiger partial charge in [0.25, 0.3) is 11.8 Å². The van der Waals surface area contributed by atoms with Gasteiger partial charge in [0.05, 0.1) is 11.6 Å². The number of hydrogen-bond acceptors (Lipinski definition) is 5. The number of rotatable bonds is 2. The Labute approximate surface area is 119 Å². The van der Waals surface area contributed by atoms with Gasteiger partial charge >= 0.3 is 0 Å². The first-order valence-electron chi connectivity index (χ1n) is 6.02. The van der Waals surface area contributed by atoms with Gasteiger partial charge in [0.2, 0.25) is 0 Å². The maximum atomic E-state index is 12.2. The van der Waals surface area contributed by atoms with Crippen LogP contribution in [0.25, 0.3) is 0 Å². The van der Waals surface area contributed by atoms with Gasteiger partial charge in [-0.25, -0.2) is 0 Å². The molecule has 7 heteroatoms. The van der Waals surface area contributed by atoms with E-state index in [9.17, 15) is 9.59 Å². The lowest BCUT2D eigenvalue weighted by Gasteiger charge is -2.26. The van der Waals surface area contributed by atoms with Crippen LogP contribution < -0.4 is 5.32 Å². The van der Waals surface area contributed by atoms with E-state index in [0.29, 0.717) is 23.0 Å². The zero-order chi connectivity index (χ0) is 14.1. The SMILES string of the molecule is N#Cc1ccc(NC2C(=O)N=C3SCCN3C2=O)cc1. The molecule has 2 amide bonds. The number of amides is 2. The van der Waals surface area contributed by atoms with E-state index >= 15 is 0 Å². The van der Waals surface area contributed by atoms with Crippen LogP contribution in [0.3, 0.4) is 0 Å². The summed E-state index contributed by atoms with van der Waals surface area (Å²) in [4.78, 5) is 29.6. The summed E-state index contributed by atoms with van der Waals surface area (Å²) in [6, 6.07) is 7.61. The minimum Gasteiger partial charge on any atom is -0.366 e. The van der Waals surface area contributed by atoms with Crippen molar-refractivity contribution in [2.45, 2.75) is 6.04 Å². The maximum Gasteiger partial charge on any atom is 0.280 e. The molecule has 1 fully saturated rings. The Morgan fingerprint density at radius 3 is 2.80 bits per heavy atom. The predicted molar refractivity (Wildman–Crippen MR) is 75.2 cm³/mol. The van der Waals surface area contributed by atoms with Crippen LogP contribution in [0.5, 0.6) is 0 Å². The molecule has 2 aliphatic rings. The van der Waals surface area contributed by atoms with Gasteiger partial charge in [-0.1, -0.05) is 11.8 Å². The molecule has 100 valence electrons. The van der Waals surface area contributed by atoms with Crippen molar-refractivity contribution >= 4 is 34.4 Å². The Morgan fingerprint density at radius 1 is 1.35 bits per heavy atom. The van der Waals surface area contributed by atoms with Crippen molar-refractivity contribution in [1.82, 2.24) is 4.90 Å². The van der Waals surface area contributed by atoms with Crippen molar-refractivity contribution in [1.29, 1.82) is 5.26 Å². The summed E-state index contributed by atoms with van der Waals surface area (Å²) < 4.78 is 0. The van der Waals surface area contributed by atoms with E-state index in [4.69, 9.17) is 5.26 Å². The van der Waals surface area contributed by atoms with Crippen LogP contribution >= 0.6 is 11.8 Å².